The van der Waals surface area contributed by atoms with E-state index in [2.05, 4.69) is 5.32 Å². The summed E-state index contributed by atoms with van der Waals surface area (Å²) < 4.78 is 15.7. The molecule has 0 aliphatic carbocycles. The predicted octanol–water partition coefficient (Wildman–Crippen LogP) is 3.64. The number of fused-ring (bicyclic) bond motifs is 1. The van der Waals surface area contributed by atoms with Gasteiger partial charge in [-0.1, -0.05) is 41.9 Å². The van der Waals surface area contributed by atoms with Gasteiger partial charge in [-0.2, -0.15) is 0 Å². The summed E-state index contributed by atoms with van der Waals surface area (Å²) in [7, 11) is 0. The van der Waals surface area contributed by atoms with E-state index in [0.29, 0.717) is 21.5 Å². The van der Waals surface area contributed by atoms with Crippen molar-refractivity contribution in [3.8, 4) is 0 Å². The lowest BCUT2D eigenvalue weighted by atomic mass is 10.2. The molecule has 1 aromatic heterocycles. The number of amides is 1. The number of para-hydroxylation sites is 1. The van der Waals surface area contributed by atoms with Gasteiger partial charge in [-0.05, 0) is 48.0 Å². The minimum Gasteiger partial charge on any atom is -0.324 e. The molecule has 156 valence electrons. The highest BCUT2D eigenvalue weighted by molar-refractivity contribution is 6.30. The van der Waals surface area contributed by atoms with Gasteiger partial charge in [0.2, 0.25) is 5.91 Å². The Bertz CT molecular complexity index is 1410. The van der Waals surface area contributed by atoms with E-state index < -0.39 is 23.0 Å². The summed E-state index contributed by atoms with van der Waals surface area (Å²) in [4.78, 5) is 38.8. The lowest BCUT2D eigenvalue weighted by molar-refractivity contribution is -0.116. The molecule has 8 heteroatoms. The number of carbonyl (C=O) groups is 1. The highest BCUT2D eigenvalue weighted by Gasteiger charge is 2.16. The molecule has 0 unspecified atom stereocenters. The molecule has 4 rings (SSSR count). The summed E-state index contributed by atoms with van der Waals surface area (Å²) in [6.07, 6.45) is 0. The molecule has 0 aliphatic rings. The first-order valence-electron chi connectivity index (χ1n) is 9.44. The molecule has 0 saturated carbocycles. The normalized spacial score (nSPS) is 10.9. The maximum Gasteiger partial charge on any atom is 0.332 e. The van der Waals surface area contributed by atoms with Crippen LogP contribution in [0.5, 0.6) is 0 Å². The van der Waals surface area contributed by atoms with Gasteiger partial charge < -0.3 is 5.32 Å². The molecule has 0 spiro atoms. The molecule has 0 atom stereocenters. The van der Waals surface area contributed by atoms with Crippen molar-refractivity contribution in [3.05, 3.63) is 110 Å². The van der Waals surface area contributed by atoms with Crippen LogP contribution >= 0.6 is 11.6 Å². The number of hydrogen-bond donors (Lipinski definition) is 1. The molecule has 1 heterocycles. The number of anilines is 1. The molecule has 4 aromatic rings. The van der Waals surface area contributed by atoms with E-state index in [0.717, 1.165) is 4.57 Å². The average Bonchev–Trinajstić information content (AvgIpc) is 2.74. The summed E-state index contributed by atoms with van der Waals surface area (Å²) in [5, 5.41) is 3.37. The second kappa shape index (κ2) is 8.57. The van der Waals surface area contributed by atoms with Crippen molar-refractivity contribution in [1.29, 1.82) is 0 Å². The molecular weight excluding hydrogens is 421 g/mol. The SMILES string of the molecule is O=C(Cn1c(=O)n(Cc2cccc(Cl)c2)c(=O)c2ccccc21)Nc1cccc(F)c1. The van der Waals surface area contributed by atoms with Crippen molar-refractivity contribution in [1.82, 2.24) is 9.13 Å². The van der Waals surface area contributed by atoms with Gasteiger partial charge in [0.15, 0.2) is 0 Å². The van der Waals surface area contributed by atoms with E-state index in [4.69, 9.17) is 11.6 Å². The van der Waals surface area contributed by atoms with Gasteiger partial charge in [0.05, 0.1) is 17.4 Å². The summed E-state index contributed by atoms with van der Waals surface area (Å²) >= 11 is 6.02. The van der Waals surface area contributed by atoms with Crippen LogP contribution in [-0.2, 0) is 17.9 Å². The number of nitrogens with zero attached hydrogens (tertiary/aromatic N) is 2. The van der Waals surface area contributed by atoms with Crippen molar-refractivity contribution >= 4 is 34.1 Å². The van der Waals surface area contributed by atoms with E-state index in [1.165, 1.54) is 22.8 Å². The fourth-order valence-electron chi connectivity index (χ4n) is 3.39. The fraction of sp³-hybridized carbons (Fsp3) is 0.0870. The number of carbonyl (C=O) groups excluding carboxylic acids is 1. The molecule has 3 aromatic carbocycles. The van der Waals surface area contributed by atoms with Crippen molar-refractivity contribution in [2.24, 2.45) is 0 Å². The Balaban J connectivity index is 1.76. The third-order valence-corrected chi connectivity index (χ3v) is 5.01. The Morgan fingerprint density at radius 3 is 2.48 bits per heavy atom. The molecule has 31 heavy (non-hydrogen) atoms. The minimum absolute atomic E-state index is 0.00851. The van der Waals surface area contributed by atoms with E-state index in [1.54, 1.807) is 54.6 Å². The van der Waals surface area contributed by atoms with E-state index in [9.17, 15) is 18.8 Å². The molecule has 0 aliphatic heterocycles. The van der Waals surface area contributed by atoms with Gasteiger partial charge >= 0.3 is 5.69 Å². The van der Waals surface area contributed by atoms with Gasteiger partial charge in [0.1, 0.15) is 12.4 Å². The number of hydrogen-bond acceptors (Lipinski definition) is 3. The van der Waals surface area contributed by atoms with Gasteiger partial charge in [0.25, 0.3) is 5.56 Å². The van der Waals surface area contributed by atoms with Crippen LogP contribution in [0.2, 0.25) is 5.02 Å². The molecule has 0 saturated heterocycles. The maximum atomic E-state index is 13.4. The Labute approximate surface area is 181 Å². The molecule has 1 amide bonds. The molecule has 1 N–H and O–H groups in total. The monoisotopic (exact) mass is 437 g/mol. The van der Waals surface area contributed by atoms with Crippen LogP contribution in [0, 0.1) is 5.82 Å². The Hall–Kier alpha value is -3.71. The third kappa shape index (κ3) is 4.41. The van der Waals surface area contributed by atoms with Crippen molar-refractivity contribution in [2.45, 2.75) is 13.1 Å². The molecule has 0 fully saturated rings. The fourth-order valence-corrected chi connectivity index (χ4v) is 3.60. The minimum atomic E-state index is -0.627. The molecule has 0 radical (unpaired) electrons. The summed E-state index contributed by atoms with van der Waals surface area (Å²) in [5.41, 5.74) is 0.210. The number of benzene rings is 3. The van der Waals surface area contributed by atoms with Crippen LogP contribution in [0.25, 0.3) is 10.9 Å². The molecule has 0 bridgehead atoms. The van der Waals surface area contributed by atoms with E-state index >= 15 is 0 Å². The van der Waals surface area contributed by atoms with Gasteiger partial charge in [-0.25, -0.2) is 9.18 Å². The second-order valence-electron chi connectivity index (χ2n) is 6.97. The quantitative estimate of drug-likeness (QED) is 0.518. The van der Waals surface area contributed by atoms with E-state index in [1.807, 2.05) is 0 Å². The highest BCUT2D eigenvalue weighted by Crippen LogP contribution is 2.13. The standard InChI is InChI=1S/C23H17ClFN3O3/c24-16-6-3-5-15(11-16)13-28-22(30)19-9-1-2-10-20(19)27(23(28)31)14-21(29)26-18-8-4-7-17(25)12-18/h1-12H,13-14H2,(H,26,29). The van der Waals surface area contributed by atoms with Gasteiger partial charge in [-0.3, -0.25) is 18.7 Å². The van der Waals surface area contributed by atoms with Crippen molar-refractivity contribution in [3.63, 3.8) is 0 Å². The van der Waals surface area contributed by atoms with Gasteiger partial charge in [0, 0.05) is 10.7 Å². The van der Waals surface area contributed by atoms with Gasteiger partial charge in [-0.15, -0.1) is 0 Å². The zero-order chi connectivity index (χ0) is 22.0. The zero-order valence-electron chi connectivity index (χ0n) is 16.2. The van der Waals surface area contributed by atoms with Crippen LogP contribution in [0.3, 0.4) is 0 Å². The summed E-state index contributed by atoms with van der Waals surface area (Å²) in [5.74, 6) is -1.01. The first-order valence-corrected chi connectivity index (χ1v) is 9.82. The van der Waals surface area contributed by atoms with Crippen LogP contribution in [0.15, 0.2) is 82.4 Å². The van der Waals surface area contributed by atoms with Crippen LogP contribution in [0.1, 0.15) is 5.56 Å². The van der Waals surface area contributed by atoms with Crippen LogP contribution in [0.4, 0.5) is 10.1 Å². The average molecular weight is 438 g/mol. The predicted molar refractivity (Wildman–Crippen MR) is 118 cm³/mol. The Morgan fingerprint density at radius 2 is 1.71 bits per heavy atom. The van der Waals surface area contributed by atoms with E-state index in [-0.39, 0.29) is 18.8 Å². The number of rotatable bonds is 5. The first-order chi connectivity index (χ1) is 14.9. The Morgan fingerprint density at radius 1 is 0.935 bits per heavy atom. The maximum absolute atomic E-state index is 13.4. The van der Waals surface area contributed by atoms with Crippen LogP contribution < -0.4 is 16.6 Å². The topological polar surface area (TPSA) is 73.1 Å². The zero-order valence-corrected chi connectivity index (χ0v) is 17.0. The lowest BCUT2D eigenvalue weighted by Gasteiger charge is -2.14. The smallest absolute Gasteiger partial charge is 0.324 e. The van der Waals surface area contributed by atoms with Crippen molar-refractivity contribution in [2.75, 3.05) is 5.32 Å². The lowest BCUT2D eigenvalue weighted by Crippen LogP contribution is -2.42. The number of nitrogens with one attached hydrogen (secondary N) is 1. The number of aromatic nitrogens is 2. The van der Waals surface area contributed by atoms with Crippen molar-refractivity contribution < 1.29 is 9.18 Å². The van der Waals surface area contributed by atoms with Crippen LogP contribution in [-0.4, -0.2) is 15.0 Å². The highest BCUT2D eigenvalue weighted by atomic mass is 35.5. The molecule has 6 nitrogen and oxygen atoms in total. The summed E-state index contributed by atoms with van der Waals surface area (Å²) in [6.45, 7) is -0.333. The molecular formula is C23H17ClFN3O3. The number of halogens is 2. The summed E-state index contributed by atoms with van der Waals surface area (Å²) in [6, 6.07) is 18.9. The third-order valence-electron chi connectivity index (χ3n) is 4.77. The second-order valence-corrected chi connectivity index (χ2v) is 7.40. The largest absolute Gasteiger partial charge is 0.332 e. The first kappa shape index (κ1) is 20.6. The Kier molecular flexibility index (Phi) is 5.68.